The van der Waals surface area contributed by atoms with E-state index in [1.54, 1.807) is 0 Å². The van der Waals surface area contributed by atoms with Gasteiger partial charge in [0.05, 0.1) is 0 Å². The third-order valence-corrected chi connectivity index (χ3v) is 3.10. The molecule has 0 spiro atoms. The van der Waals surface area contributed by atoms with Gasteiger partial charge >= 0.3 is 0 Å². The van der Waals surface area contributed by atoms with Crippen molar-refractivity contribution in [1.29, 1.82) is 0 Å². The van der Waals surface area contributed by atoms with Crippen molar-refractivity contribution in [2.75, 3.05) is 32.7 Å². The van der Waals surface area contributed by atoms with Gasteiger partial charge in [0.2, 0.25) is 0 Å². The highest BCUT2D eigenvalue weighted by Gasteiger charge is 2.10. The van der Waals surface area contributed by atoms with E-state index < -0.39 is 0 Å². The van der Waals surface area contributed by atoms with Gasteiger partial charge in [-0.15, -0.1) is 0 Å². The van der Waals surface area contributed by atoms with Gasteiger partial charge in [0.1, 0.15) is 6.29 Å². The zero-order chi connectivity index (χ0) is 15.0. The highest BCUT2D eigenvalue weighted by atomic mass is 16.1. The van der Waals surface area contributed by atoms with Gasteiger partial charge in [-0.2, -0.15) is 0 Å². The SMILES string of the molecule is C=C(c1cc(C=O)cc(CCN)c1)N(CCN)CCN. The lowest BCUT2D eigenvalue weighted by Crippen LogP contribution is -2.32. The maximum absolute atomic E-state index is 11.0. The fourth-order valence-electron chi connectivity index (χ4n) is 2.14. The van der Waals surface area contributed by atoms with Crippen LogP contribution in [-0.2, 0) is 6.42 Å². The molecule has 20 heavy (non-hydrogen) atoms. The highest BCUT2D eigenvalue weighted by molar-refractivity contribution is 5.78. The summed E-state index contributed by atoms with van der Waals surface area (Å²) >= 11 is 0. The quantitative estimate of drug-likeness (QED) is 0.559. The molecule has 0 fully saturated rings. The predicted molar refractivity (Wildman–Crippen MR) is 83.3 cm³/mol. The number of benzene rings is 1. The number of hydrogen-bond acceptors (Lipinski definition) is 5. The van der Waals surface area contributed by atoms with E-state index in [9.17, 15) is 4.79 Å². The average Bonchev–Trinajstić information content (AvgIpc) is 2.46. The molecule has 110 valence electrons. The Kier molecular flexibility index (Phi) is 6.93. The molecular formula is C15H24N4O. The third-order valence-electron chi connectivity index (χ3n) is 3.10. The molecule has 0 heterocycles. The van der Waals surface area contributed by atoms with Crippen LogP contribution < -0.4 is 17.2 Å². The molecule has 0 radical (unpaired) electrons. The molecule has 0 aliphatic rings. The minimum Gasteiger partial charge on any atom is -0.369 e. The fraction of sp³-hybridized carbons (Fsp3) is 0.400. The maximum Gasteiger partial charge on any atom is 0.150 e. The molecule has 1 aromatic carbocycles. The summed E-state index contributed by atoms with van der Waals surface area (Å²) in [6.07, 6.45) is 1.57. The monoisotopic (exact) mass is 276 g/mol. The average molecular weight is 276 g/mol. The van der Waals surface area contributed by atoms with Crippen LogP contribution in [-0.4, -0.2) is 43.9 Å². The molecular weight excluding hydrogens is 252 g/mol. The van der Waals surface area contributed by atoms with Gasteiger partial charge in [-0.05, 0) is 42.3 Å². The largest absolute Gasteiger partial charge is 0.369 e. The van der Waals surface area contributed by atoms with Gasteiger partial charge < -0.3 is 22.1 Å². The second-order valence-corrected chi connectivity index (χ2v) is 4.63. The topological polar surface area (TPSA) is 98.4 Å². The number of carbonyl (C=O) groups is 1. The summed E-state index contributed by atoms with van der Waals surface area (Å²) in [6.45, 7) is 7.09. The predicted octanol–water partition coefficient (Wildman–Crippen LogP) is 0.190. The first-order chi connectivity index (χ1) is 9.65. The second-order valence-electron chi connectivity index (χ2n) is 4.63. The van der Waals surface area contributed by atoms with Crippen LogP contribution in [0.5, 0.6) is 0 Å². The van der Waals surface area contributed by atoms with Gasteiger partial charge in [0.15, 0.2) is 0 Å². The van der Waals surface area contributed by atoms with Crippen LogP contribution in [0, 0.1) is 0 Å². The van der Waals surface area contributed by atoms with Crippen molar-refractivity contribution in [1.82, 2.24) is 4.90 Å². The van der Waals surface area contributed by atoms with Crippen LogP contribution in [0.25, 0.3) is 5.70 Å². The first-order valence-electron chi connectivity index (χ1n) is 6.79. The summed E-state index contributed by atoms with van der Waals surface area (Å²) in [4.78, 5) is 13.1. The Morgan fingerprint density at radius 1 is 1.10 bits per heavy atom. The molecule has 0 aliphatic heterocycles. The Morgan fingerprint density at radius 2 is 1.75 bits per heavy atom. The van der Waals surface area contributed by atoms with Gasteiger partial charge in [-0.3, -0.25) is 4.79 Å². The standard InChI is InChI=1S/C15H24N4O/c1-12(19(6-4-17)7-5-18)15-9-13(2-3-16)8-14(10-15)11-20/h8-11H,1-7,16-18H2. The van der Waals surface area contributed by atoms with Gasteiger partial charge in [-0.1, -0.05) is 6.58 Å². The Hall–Kier alpha value is -1.69. The number of nitrogens with zero attached hydrogens (tertiary/aromatic N) is 1. The van der Waals surface area contributed by atoms with Crippen molar-refractivity contribution in [3.05, 3.63) is 41.5 Å². The molecule has 0 aliphatic carbocycles. The van der Waals surface area contributed by atoms with Crippen LogP contribution >= 0.6 is 0 Å². The lowest BCUT2D eigenvalue weighted by Gasteiger charge is -2.26. The number of nitrogens with two attached hydrogens (primary N) is 3. The fourth-order valence-corrected chi connectivity index (χ4v) is 2.14. The summed E-state index contributed by atoms with van der Waals surface area (Å²) in [5, 5.41) is 0. The van der Waals surface area contributed by atoms with E-state index in [0.29, 0.717) is 38.3 Å². The molecule has 0 atom stereocenters. The van der Waals surface area contributed by atoms with E-state index in [0.717, 1.165) is 29.5 Å². The van der Waals surface area contributed by atoms with Crippen LogP contribution in [0.4, 0.5) is 0 Å². The summed E-state index contributed by atoms with van der Waals surface area (Å²) in [5.41, 5.74) is 20.2. The Balaban J connectivity index is 3.05. The van der Waals surface area contributed by atoms with E-state index in [2.05, 4.69) is 6.58 Å². The number of carbonyl (C=O) groups excluding carboxylic acids is 1. The molecule has 0 bridgehead atoms. The van der Waals surface area contributed by atoms with E-state index in [-0.39, 0.29) is 0 Å². The van der Waals surface area contributed by atoms with Crippen LogP contribution in [0.2, 0.25) is 0 Å². The van der Waals surface area contributed by atoms with Crippen molar-refractivity contribution in [3.8, 4) is 0 Å². The molecule has 0 unspecified atom stereocenters. The molecule has 1 rings (SSSR count). The maximum atomic E-state index is 11.0. The first kappa shape index (κ1) is 16.4. The van der Waals surface area contributed by atoms with E-state index >= 15 is 0 Å². The Morgan fingerprint density at radius 3 is 2.25 bits per heavy atom. The van der Waals surface area contributed by atoms with Crippen LogP contribution in [0.1, 0.15) is 21.5 Å². The van der Waals surface area contributed by atoms with Crippen molar-refractivity contribution < 1.29 is 4.79 Å². The molecule has 0 saturated heterocycles. The van der Waals surface area contributed by atoms with Crippen LogP contribution in [0.3, 0.4) is 0 Å². The minimum atomic E-state index is 0.530. The Bertz CT molecular complexity index is 453. The molecule has 0 amide bonds. The lowest BCUT2D eigenvalue weighted by molar-refractivity contribution is 0.112. The lowest BCUT2D eigenvalue weighted by atomic mass is 10.0. The number of hydrogen-bond donors (Lipinski definition) is 3. The summed E-state index contributed by atoms with van der Waals surface area (Å²) in [6, 6.07) is 5.70. The third kappa shape index (κ3) is 4.45. The normalized spacial score (nSPS) is 10.3. The zero-order valence-corrected chi connectivity index (χ0v) is 11.8. The van der Waals surface area contributed by atoms with E-state index in [1.807, 2.05) is 23.1 Å². The zero-order valence-electron chi connectivity index (χ0n) is 11.8. The summed E-state index contributed by atoms with van der Waals surface area (Å²) in [7, 11) is 0. The highest BCUT2D eigenvalue weighted by Crippen LogP contribution is 2.20. The molecule has 0 aromatic heterocycles. The van der Waals surface area contributed by atoms with E-state index in [1.165, 1.54) is 0 Å². The van der Waals surface area contributed by atoms with Gasteiger partial charge in [0, 0.05) is 37.4 Å². The molecule has 1 aromatic rings. The number of aldehydes is 1. The van der Waals surface area contributed by atoms with Gasteiger partial charge in [0.25, 0.3) is 0 Å². The molecule has 6 N–H and O–H groups in total. The Labute approximate surface area is 120 Å². The number of rotatable bonds is 9. The van der Waals surface area contributed by atoms with Crippen molar-refractivity contribution in [2.45, 2.75) is 6.42 Å². The molecule has 5 heteroatoms. The van der Waals surface area contributed by atoms with Crippen LogP contribution in [0.15, 0.2) is 24.8 Å². The summed E-state index contributed by atoms with van der Waals surface area (Å²) < 4.78 is 0. The minimum absolute atomic E-state index is 0.530. The van der Waals surface area contributed by atoms with Gasteiger partial charge in [-0.25, -0.2) is 0 Å². The van der Waals surface area contributed by atoms with Crippen molar-refractivity contribution in [3.63, 3.8) is 0 Å². The van der Waals surface area contributed by atoms with Crippen molar-refractivity contribution >= 4 is 12.0 Å². The first-order valence-corrected chi connectivity index (χ1v) is 6.79. The second kappa shape index (κ2) is 8.47. The van der Waals surface area contributed by atoms with E-state index in [4.69, 9.17) is 17.2 Å². The van der Waals surface area contributed by atoms with Crippen molar-refractivity contribution in [2.24, 2.45) is 17.2 Å². The molecule has 5 nitrogen and oxygen atoms in total. The molecule has 0 saturated carbocycles. The smallest absolute Gasteiger partial charge is 0.150 e. The summed E-state index contributed by atoms with van der Waals surface area (Å²) in [5.74, 6) is 0.